The van der Waals surface area contributed by atoms with Gasteiger partial charge < -0.3 is 21.4 Å². The molecular formula is C10H21N3O2. The molecule has 1 unspecified atom stereocenters. The second-order valence-electron chi connectivity index (χ2n) is 4.45. The van der Waals surface area contributed by atoms with E-state index >= 15 is 0 Å². The number of nitrogens with one attached hydrogen (secondary N) is 1. The fourth-order valence-electron chi connectivity index (χ4n) is 2.02. The average molecular weight is 215 g/mol. The normalized spacial score (nSPS) is 22.9. The molecule has 0 amide bonds. The first kappa shape index (κ1) is 12.3. The molecule has 0 radical (unpaired) electrons. The molecule has 1 rings (SSSR count). The lowest BCUT2D eigenvalue weighted by molar-refractivity contribution is 0.162. The summed E-state index contributed by atoms with van der Waals surface area (Å²) >= 11 is 0. The van der Waals surface area contributed by atoms with Crippen molar-refractivity contribution >= 4 is 5.84 Å². The van der Waals surface area contributed by atoms with E-state index in [0.29, 0.717) is 6.54 Å². The third-order valence-electron chi connectivity index (χ3n) is 3.27. The summed E-state index contributed by atoms with van der Waals surface area (Å²) in [7, 11) is 0. The van der Waals surface area contributed by atoms with E-state index < -0.39 is 0 Å². The molecule has 0 heterocycles. The van der Waals surface area contributed by atoms with Gasteiger partial charge in [-0.2, -0.15) is 0 Å². The van der Waals surface area contributed by atoms with Crippen molar-refractivity contribution in [2.24, 2.45) is 16.8 Å². The van der Waals surface area contributed by atoms with E-state index in [4.69, 9.17) is 10.9 Å². The van der Waals surface area contributed by atoms with E-state index in [-0.39, 0.29) is 23.9 Å². The molecule has 5 nitrogen and oxygen atoms in total. The van der Waals surface area contributed by atoms with Crippen molar-refractivity contribution in [3.05, 3.63) is 0 Å². The maximum atomic E-state index is 9.35. The minimum absolute atomic E-state index is 0.0148. The maximum absolute atomic E-state index is 9.35. The molecule has 0 aromatic carbocycles. The van der Waals surface area contributed by atoms with E-state index in [9.17, 15) is 5.11 Å². The predicted molar refractivity (Wildman–Crippen MR) is 58.9 cm³/mol. The second-order valence-corrected chi connectivity index (χ2v) is 4.45. The Hall–Kier alpha value is -0.810. The van der Waals surface area contributed by atoms with Gasteiger partial charge in [-0.1, -0.05) is 24.9 Å². The SMILES string of the molecule is CC(CNC1(CO)CCCC1)C(N)=NO. The summed E-state index contributed by atoms with van der Waals surface area (Å²) in [5.74, 6) is 0.215. The number of hydrogen-bond acceptors (Lipinski definition) is 4. The van der Waals surface area contributed by atoms with Crippen LogP contribution in [0.1, 0.15) is 32.6 Å². The van der Waals surface area contributed by atoms with Gasteiger partial charge in [-0.05, 0) is 12.8 Å². The van der Waals surface area contributed by atoms with Gasteiger partial charge in [0.15, 0.2) is 0 Å². The van der Waals surface area contributed by atoms with E-state index in [1.165, 1.54) is 0 Å². The molecule has 88 valence electrons. The quantitative estimate of drug-likeness (QED) is 0.229. The summed E-state index contributed by atoms with van der Waals surface area (Å²) in [6.45, 7) is 2.69. The van der Waals surface area contributed by atoms with E-state index in [1.54, 1.807) is 0 Å². The number of aliphatic hydroxyl groups excluding tert-OH is 1. The van der Waals surface area contributed by atoms with Gasteiger partial charge in [0.2, 0.25) is 0 Å². The topological polar surface area (TPSA) is 90.9 Å². The molecule has 0 saturated heterocycles. The number of nitrogens with two attached hydrogens (primary N) is 1. The third kappa shape index (κ3) is 3.07. The first-order valence-electron chi connectivity index (χ1n) is 5.47. The lowest BCUT2D eigenvalue weighted by Gasteiger charge is -2.29. The summed E-state index contributed by atoms with van der Waals surface area (Å²) in [6, 6.07) is 0. The molecule has 0 aliphatic heterocycles. The van der Waals surface area contributed by atoms with Crippen molar-refractivity contribution in [1.29, 1.82) is 0 Å². The first-order chi connectivity index (χ1) is 7.13. The van der Waals surface area contributed by atoms with Crippen LogP contribution in [0, 0.1) is 5.92 Å². The maximum Gasteiger partial charge on any atom is 0.143 e. The Morgan fingerprint density at radius 1 is 1.53 bits per heavy atom. The van der Waals surface area contributed by atoms with Crippen molar-refractivity contribution in [3.8, 4) is 0 Å². The van der Waals surface area contributed by atoms with Crippen molar-refractivity contribution < 1.29 is 10.3 Å². The van der Waals surface area contributed by atoms with Crippen molar-refractivity contribution in [1.82, 2.24) is 5.32 Å². The van der Waals surface area contributed by atoms with Crippen molar-refractivity contribution in [2.45, 2.75) is 38.1 Å². The highest BCUT2D eigenvalue weighted by molar-refractivity contribution is 5.82. The average Bonchev–Trinajstić information content (AvgIpc) is 2.74. The van der Waals surface area contributed by atoms with Crippen LogP contribution in [0.2, 0.25) is 0 Å². The highest BCUT2D eigenvalue weighted by atomic mass is 16.4. The minimum Gasteiger partial charge on any atom is -0.409 e. The van der Waals surface area contributed by atoms with Crippen LogP contribution < -0.4 is 11.1 Å². The summed E-state index contributed by atoms with van der Waals surface area (Å²) in [5, 5.41) is 24.2. The van der Waals surface area contributed by atoms with Gasteiger partial charge in [0.05, 0.1) is 6.61 Å². The van der Waals surface area contributed by atoms with Gasteiger partial charge in [-0.25, -0.2) is 0 Å². The summed E-state index contributed by atoms with van der Waals surface area (Å²) in [5.41, 5.74) is 5.35. The molecular weight excluding hydrogens is 194 g/mol. The molecule has 1 fully saturated rings. The second kappa shape index (κ2) is 5.32. The molecule has 1 aliphatic carbocycles. The fraction of sp³-hybridized carbons (Fsp3) is 0.900. The Morgan fingerprint density at radius 3 is 2.60 bits per heavy atom. The van der Waals surface area contributed by atoms with Gasteiger partial charge in [0.1, 0.15) is 5.84 Å². The lowest BCUT2D eigenvalue weighted by Crippen LogP contribution is -2.49. The Kier molecular flexibility index (Phi) is 4.35. The van der Waals surface area contributed by atoms with E-state index in [2.05, 4.69) is 10.5 Å². The molecule has 15 heavy (non-hydrogen) atoms. The first-order valence-corrected chi connectivity index (χ1v) is 5.47. The van der Waals surface area contributed by atoms with Crippen LogP contribution in [-0.2, 0) is 0 Å². The Morgan fingerprint density at radius 2 is 2.13 bits per heavy atom. The Labute approximate surface area is 90.3 Å². The van der Waals surface area contributed by atoms with Crippen LogP contribution >= 0.6 is 0 Å². The van der Waals surface area contributed by atoms with Crippen LogP contribution in [0.25, 0.3) is 0 Å². The molecule has 1 atom stereocenters. The third-order valence-corrected chi connectivity index (χ3v) is 3.27. The highest BCUT2D eigenvalue weighted by Crippen LogP contribution is 2.29. The number of amidine groups is 1. The number of aliphatic hydroxyl groups is 1. The smallest absolute Gasteiger partial charge is 0.143 e. The largest absolute Gasteiger partial charge is 0.409 e. The van der Waals surface area contributed by atoms with Gasteiger partial charge in [0, 0.05) is 18.0 Å². The Bertz CT molecular complexity index is 225. The van der Waals surface area contributed by atoms with E-state index in [0.717, 1.165) is 25.7 Å². The van der Waals surface area contributed by atoms with Crippen LogP contribution in [0.15, 0.2) is 5.16 Å². The number of rotatable bonds is 5. The van der Waals surface area contributed by atoms with Crippen LogP contribution in [-0.4, -0.2) is 34.8 Å². The molecule has 0 aromatic rings. The summed E-state index contributed by atoms with van der Waals surface area (Å²) in [4.78, 5) is 0. The lowest BCUT2D eigenvalue weighted by atomic mass is 9.97. The van der Waals surface area contributed by atoms with Crippen LogP contribution in [0.5, 0.6) is 0 Å². The van der Waals surface area contributed by atoms with E-state index in [1.807, 2.05) is 6.92 Å². The van der Waals surface area contributed by atoms with Gasteiger partial charge in [0.25, 0.3) is 0 Å². The van der Waals surface area contributed by atoms with Crippen molar-refractivity contribution in [2.75, 3.05) is 13.2 Å². The Balaban J connectivity index is 2.41. The summed E-state index contributed by atoms with van der Waals surface area (Å²) < 4.78 is 0. The predicted octanol–water partition coefficient (Wildman–Crippen LogP) is 0.264. The highest BCUT2D eigenvalue weighted by Gasteiger charge is 2.32. The molecule has 5 N–H and O–H groups in total. The molecule has 0 aromatic heterocycles. The zero-order chi connectivity index (χ0) is 11.3. The van der Waals surface area contributed by atoms with Crippen LogP contribution in [0.4, 0.5) is 0 Å². The van der Waals surface area contributed by atoms with Crippen molar-refractivity contribution in [3.63, 3.8) is 0 Å². The number of oxime groups is 1. The monoisotopic (exact) mass is 215 g/mol. The molecule has 5 heteroatoms. The van der Waals surface area contributed by atoms with Gasteiger partial charge in [-0.3, -0.25) is 0 Å². The molecule has 0 bridgehead atoms. The number of nitrogens with zero attached hydrogens (tertiary/aromatic N) is 1. The zero-order valence-corrected chi connectivity index (χ0v) is 9.24. The molecule has 1 saturated carbocycles. The molecule has 0 spiro atoms. The standard InChI is InChI=1S/C10H21N3O2/c1-8(9(11)13-15)6-12-10(7-14)4-2-3-5-10/h8,12,14-15H,2-7H2,1H3,(H2,11,13). The van der Waals surface area contributed by atoms with Gasteiger partial charge in [-0.15, -0.1) is 0 Å². The van der Waals surface area contributed by atoms with Gasteiger partial charge >= 0.3 is 0 Å². The number of hydrogen-bond donors (Lipinski definition) is 4. The summed E-state index contributed by atoms with van der Waals surface area (Å²) in [6.07, 6.45) is 4.33. The molecule has 1 aliphatic rings. The zero-order valence-electron chi connectivity index (χ0n) is 9.24. The minimum atomic E-state index is -0.135. The van der Waals surface area contributed by atoms with Crippen LogP contribution in [0.3, 0.4) is 0 Å². The fourth-order valence-corrected chi connectivity index (χ4v) is 2.02.